The highest BCUT2D eigenvalue weighted by atomic mass is 32.3. The molecule has 1 atom stereocenters. The minimum atomic E-state index is -2.12. The monoisotopic (exact) mass is 355 g/mol. The van der Waals surface area contributed by atoms with Gasteiger partial charge in [-0.25, -0.2) is 9.98 Å². The molecule has 0 aliphatic carbocycles. The van der Waals surface area contributed by atoms with Crippen LogP contribution >= 0.6 is 10.0 Å². The van der Waals surface area contributed by atoms with Gasteiger partial charge in [-0.1, -0.05) is 40.4 Å². The molecule has 0 spiro atoms. The van der Waals surface area contributed by atoms with E-state index in [1.54, 1.807) is 32.2 Å². The van der Waals surface area contributed by atoms with Gasteiger partial charge in [0.15, 0.2) is 5.82 Å². The van der Waals surface area contributed by atoms with Crippen molar-refractivity contribution in [2.75, 3.05) is 0 Å². The van der Waals surface area contributed by atoms with Gasteiger partial charge in [0.2, 0.25) is 0 Å². The van der Waals surface area contributed by atoms with Crippen LogP contribution in [0.25, 0.3) is 0 Å². The molecule has 1 amide bonds. The summed E-state index contributed by atoms with van der Waals surface area (Å²) in [6, 6.07) is 13.1. The number of pyridine rings is 1. The molecule has 2 aromatic rings. The number of aliphatic imine (C=N–C) groups is 1. The van der Waals surface area contributed by atoms with E-state index >= 15 is 0 Å². The van der Waals surface area contributed by atoms with E-state index < -0.39 is 15.6 Å². The average molecular weight is 355 g/mol. The molecule has 1 aliphatic heterocycles. The number of nitrogens with zero attached hydrogens (tertiary/aromatic N) is 2. The molecule has 1 unspecified atom stereocenters. The molecule has 1 aromatic heterocycles. The summed E-state index contributed by atoms with van der Waals surface area (Å²) in [5.74, 6) is 0.501. The van der Waals surface area contributed by atoms with Crippen LogP contribution in [0, 0.1) is 0 Å². The van der Waals surface area contributed by atoms with Crippen molar-refractivity contribution in [2.45, 2.75) is 30.8 Å². The summed E-state index contributed by atoms with van der Waals surface area (Å²) < 4.78 is 0. The van der Waals surface area contributed by atoms with E-state index in [4.69, 9.17) is 5.73 Å². The highest BCUT2D eigenvalue weighted by Crippen LogP contribution is 2.62. The number of hydrogen-bond donors (Lipinski definition) is 2. The number of carbonyl (C=O) groups is 1. The molecule has 25 heavy (non-hydrogen) atoms. The minimum Gasteiger partial charge on any atom is -0.386 e. The smallest absolute Gasteiger partial charge is 0.271 e. The maximum atomic E-state index is 12.4. The fourth-order valence-electron chi connectivity index (χ4n) is 2.71. The van der Waals surface area contributed by atoms with Crippen LogP contribution in [-0.4, -0.2) is 20.4 Å². The third-order valence-corrected chi connectivity index (χ3v) is 7.34. The van der Waals surface area contributed by atoms with Crippen molar-refractivity contribution in [3.63, 3.8) is 0 Å². The molecule has 0 saturated heterocycles. The summed E-state index contributed by atoms with van der Waals surface area (Å²) in [6.07, 6.45) is 4.12. The summed E-state index contributed by atoms with van der Waals surface area (Å²) in [5, 5.41) is 12.3. The SMILES string of the molecule is CC(C)(O)c1ccc(N=C2CC=CS2(C(N)=O)c2ccccc2)nc1. The molecule has 0 fully saturated rings. The van der Waals surface area contributed by atoms with Crippen LogP contribution in [-0.2, 0) is 5.60 Å². The molecule has 1 aliphatic rings. The molecule has 0 radical (unpaired) electrons. The Hall–Kier alpha value is -2.44. The average Bonchev–Trinajstić information content (AvgIpc) is 3.00. The second kappa shape index (κ2) is 6.46. The molecule has 0 saturated carbocycles. The molecule has 3 N–H and O–H groups in total. The second-order valence-corrected chi connectivity index (χ2v) is 9.27. The van der Waals surface area contributed by atoms with Gasteiger partial charge in [0.05, 0.1) is 10.6 Å². The van der Waals surface area contributed by atoms with Gasteiger partial charge in [-0.05, 0) is 37.5 Å². The maximum Gasteiger partial charge on any atom is 0.271 e. The van der Waals surface area contributed by atoms with Crippen LogP contribution in [0.3, 0.4) is 0 Å². The Morgan fingerprint density at radius 1 is 1.24 bits per heavy atom. The van der Waals surface area contributed by atoms with E-state index in [0.29, 0.717) is 17.8 Å². The molecular formula is C19H21N3O2S. The number of carbonyl (C=O) groups excluding carboxylic acids is 1. The lowest BCUT2D eigenvalue weighted by atomic mass is 10.0. The number of allylic oxidation sites excluding steroid dienone is 1. The number of nitrogens with two attached hydrogens (primary N) is 1. The van der Waals surface area contributed by atoms with Crippen molar-refractivity contribution in [1.29, 1.82) is 0 Å². The number of aromatic nitrogens is 1. The molecule has 5 nitrogen and oxygen atoms in total. The van der Waals surface area contributed by atoms with Crippen LogP contribution in [0.1, 0.15) is 25.8 Å². The van der Waals surface area contributed by atoms with Gasteiger partial charge in [-0.2, -0.15) is 0 Å². The predicted octanol–water partition coefficient (Wildman–Crippen LogP) is 4.20. The van der Waals surface area contributed by atoms with Gasteiger partial charge in [0.1, 0.15) is 0 Å². The lowest BCUT2D eigenvalue weighted by Gasteiger charge is -2.31. The fraction of sp³-hybridized carbons (Fsp3) is 0.211. The summed E-state index contributed by atoms with van der Waals surface area (Å²) in [5.41, 5.74) is 5.55. The third-order valence-electron chi connectivity index (χ3n) is 4.09. The fourth-order valence-corrected chi connectivity index (χ4v) is 5.46. The highest BCUT2D eigenvalue weighted by molar-refractivity contribution is 8.58. The third kappa shape index (κ3) is 3.23. The van der Waals surface area contributed by atoms with E-state index in [1.165, 1.54) is 0 Å². The van der Waals surface area contributed by atoms with Gasteiger partial charge in [-0.15, -0.1) is 0 Å². The van der Waals surface area contributed by atoms with E-state index in [9.17, 15) is 9.90 Å². The van der Waals surface area contributed by atoms with E-state index in [0.717, 1.165) is 9.94 Å². The van der Waals surface area contributed by atoms with Gasteiger partial charge in [0.25, 0.3) is 5.24 Å². The largest absolute Gasteiger partial charge is 0.386 e. The summed E-state index contributed by atoms with van der Waals surface area (Å²) >= 11 is 0. The highest BCUT2D eigenvalue weighted by Gasteiger charge is 2.38. The Balaban J connectivity index is 2.03. The Labute approximate surface area is 148 Å². The zero-order chi connectivity index (χ0) is 18.1. The van der Waals surface area contributed by atoms with Gasteiger partial charge >= 0.3 is 0 Å². The van der Waals surface area contributed by atoms with Crippen molar-refractivity contribution in [2.24, 2.45) is 10.7 Å². The van der Waals surface area contributed by atoms with Crippen LogP contribution in [0.5, 0.6) is 0 Å². The molecule has 1 aromatic carbocycles. The van der Waals surface area contributed by atoms with Crippen molar-refractivity contribution in [3.8, 4) is 0 Å². The molecule has 2 heterocycles. The molecule has 0 bridgehead atoms. The number of benzene rings is 1. The first-order valence-corrected chi connectivity index (χ1v) is 9.64. The number of primary amides is 1. The first-order chi connectivity index (χ1) is 11.8. The normalized spacial score (nSPS) is 24.2. The van der Waals surface area contributed by atoms with E-state index in [-0.39, 0.29) is 5.24 Å². The van der Waals surface area contributed by atoms with Crippen LogP contribution in [0.2, 0.25) is 0 Å². The van der Waals surface area contributed by atoms with Crippen molar-refractivity contribution in [1.82, 2.24) is 4.98 Å². The molecule has 6 heteroatoms. The summed E-state index contributed by atoms with van der Waals surface area (Å²) in [4.78, 5) is 22.2. The maximum absolute atomic E-state index is 12.4. The van der Waals surface area contributed by atoms with Gasteiger partial charge in [-0.3, -0.25) is 4.79 Å². The standard InChI is InChI=1S/C19H21N3O2S/c1-19(2,24)14-10-11-16(21-13-14)22-17-9-6-12-25(17,18(20)23)15-7-4-3-5-8-15/h3-8,10-13,24H,9H2,1-2H3,(H2,20,23). The zero-order valence-corrected chi connectivity index (χ0v) is 15.0. The summed E-state index contributed by atoms with van der Waals surface area (Å²) in [6.45, 7) is 3.41. The zero-order valence-electron chi connectivity index (χ0n) is 14.2. The van der Waals surface area contributed by atoms with Crippen LogP contribution in [0.15, 0.2) is 70.0 Å². The van der Waals surface area contributed by atoms with E-state index in [2.05, 4.69) is 9.98 Å². The Morgan fingerprint density at radius 2 is 1.96 bits per heavy atom. The Morgan fingerprint density at radius 3 is 2.52 bits per heavy atom. The molecule has 3 rings (SSSR count). The first-order valence-electron chi connectivity index (χ1n) is 7.95. The minimum absolute atomic E-state index is 0.376. The topological polar surface area (TPSA) is 88.6 Å². The number of aliphatic hydroxyl groups is 1. The predicted molar refractivity (Wildman–Crippen MR) is 102 cm³/mol. The van der Waals surface area contributed by atoms with Crippen molar-refractivity contribution in [3.05, 3.63) is 65.7 Å². The number of amides is 1. The van der Waals surface area contributed by atoms with Crippen molar-refractivity contribution < 1.29 is 9.90 Å². The second-order valence-electron chi connectivity index (χ2n) is 6.34. The van der Waals surface area contributed by atoms with Crippen molar-refractivity contribution >= 4 is 26.1 Å². The quantitative estimate of drug-likeness (QED) is 0.865. The molecule has 130 valence electrons. The Kier molecular flexibility index (Phi) is 4.49. The number of hydrogen-bond acceptors (Lipinski definition) is 4. The summed E-state index contributed by atoms with van der Waals surface area (Å²) in [7, 11) is -2.12. The van der Waals surface area contributed by atoms with E-state index in [1.807, 2.05) is 41.8 Å². The molecular weight excluding hydrogens is 334 g/mol. The van der Waals surface area contributed by atoms with Gasteiger partial charge < -0.3 is 10.8 Å². The first kappa shape index (κ1) is 17.4. The lowest BCUT2D eigenvalue weighted by Crippen LogP contribution is -2.22. The van der Waals surface area contributed by atoms with Crippen LogP contribution in [0.4, 0.5) is 10.6 Å². The Bertz CT molecular complexity index is 839. The van der Waals surface area contributed by atoms with Crippen LogP contribution < -0.4 is 5.73 Å². The van der Waals surface area contributed by atoms with Gasteiger partial charge in [0, 0.05) is 23.1 Å². The number of rotatable bonds is 3. The lowest BCUT2D eigenvalue weighted by molar-refractivity contribution is 0.0782.